The highest BCUT2D eigenvalue weighted by molar-refractivity contribution is 6.30. The molecule has 7 nitrogen and oxygen atoms in total. The first kappa shape index (κ1) is 16.2. The Morgan fingerprint density at radius 2 is 2.15 bits per heavy atom. The predicted octanol–water partition coefficient (Wildman–Crippen LogP) is 2.31. The molecule has 0 aliphatic heterocycles. The van der Waals surface area contributed by atoms with Gasteiger partial charge in [-0.25, -0.2) is 4.98 Å². The Balaban J connectivity index is 2.93. The van der Waals surface area contributed by atoms with Gasteiger partial charge in [0.05, 0.1) is 9.95 Å². The number of anilines is 1. The average Bonchev–Trinajstić information content (AvgIpc) is 2.41. The van der Waals surface area contributed by atoms with E-state index in [1.54, 1.807) is 11.8 Å². The van der Waals surface area contributed by atoms with Gasteiger partial charge in [0.25, 0.3) is 0 Å². The van der Waals surface area contributed by atoms with Crippen molar-refractivity contribution in [2.75, 3.05) is 18.4 Å². The molecule has 20 heavy (non-hydrogen) atoms. The van der Waals surface area contributed by atoms with Crippen molar-refractivity contribution in [1.82, 2.24) is 9.88 Å². The SMILES string of the molecule is CCN(CC)C(=O)C(C)Nc1ncc(Cl)cc1[N+](=O)[O-]. The zero-order valence-electron chi connectivity index (χ0n) is 11.6. The van der Waals surface area contributed by atoms with Crippen molar-refractivity contribution < 1.29 is 9.72 Å². The van der Waals surface area contributed by atoms with E-state index < -0.39 is 11.0 Å². The van der Waals surface area contributed by atoms with Gasteiger partial charge in [-0.1, -0.05) is 11.6 Å². The Labute approximate surface area is 122 Å². The minimum Gasteiger partial charge on any atom is -0.353 e. The topological polar surface area (TPSA) is 88.4 Å². The van der Waals surface area contributed by atoms with Crippen LogP contribution in [-0.4, -0.2) is 39.8 Å². The first-order chi connectivity index (χ1) is 9.40. The summed E-state index contributed by atoms with van der Waals surface area (Å²) in [7, 11) is 0. The van der Waals surface area contributed by atoms with Gasteiger partial charge in [-0.05, 0) is 20.8 Å². The van der Waals surface area contributed by atoms with Crippen LogP contribution in [0.4, 0.5) is 11.5 Å². The van der Waals surface area contributed by atoms with Crippen molar-refractivity contribution in [2.24, 2.45) is 0 Å². The second-order valence-corrected chi connectivity index (χ2v) is 4.59. The van der Waals surface area contributed by atoms with Crippen molar-refractivity contribution in [3.05, 3.63) is 27.4 Å². The van der Waals surface area contributed by atoms with Gasteiger partial charge in [0.1, 0.15) is 6.04 Å². The van der Waals surface area contributed by atoms with E-state index in [1.807, 2.05) is 13.8 Å². The molecule has 1 atom stereocenters. The molecular formula is C12H17ClN4O3. The maximum absolute atomic E-state index is 12.1. The molecule has 1 N–H and O–H groups in total. The largest absolute Gasteiger partial charge is 0.353 e. The number of nitro groups is 1. The van der Waals surface area contributed by atoms with Crippen molar-refractivity contribution in [3.8, 4) is 0 Å². The highest BCUT2D eigenvalue weighted by Gasteiger charge is 2.23. The summed E-state index contributed by atoms with van der Waals surface area (Å²) in [6.07, 6.45) is 1.30. The molecule has 1 heterocycles. The van der Waals surface area contributed by atoms with Crippen LogP contribution in [0.3, 0.4) is 0 Å². The van der Waals surface area contributed by atoms with E-state index in [0.717, 1.165) is 0 Å². The fraction of sp³-hybridized carbons (Fsp3) is 0.500. The van der Waals surface area contributed by atoms with Gasteiger partial charge in [-0.3, -0.25) is 14.9 Å². The van der Waals surface area contributed by atoms with Gasteiger partial charge >= 0.3 is 5.69 Å². The molecule has 0 bridgehead atoms. The number of rotatable bonds is 6. The van der Waals surface area contributed by atoms with Gasteiger partial charge in [-0.15, -0.1) is 0 Å². The van der Waals surface area contributed by atoms with Crippen molar-refractivity contribution >= 4 is 29.0 Å². The number of amides is 1. The third-order valence-electron chi connectivity index (χ3n) is 2.83. The van der Waals surface area contributed by atoms with Gasteiger partial charge in [0, 0.05) is 25.4 Å². The summed E-state index contributed by atoms with van der Waals surface area (Å²) in [5.41, 5.74) is -0.253. The van der Waals surface area contributed by atoms with Crippen LogP contribution < -0.4 is 5.32 Å². The van der Waals surface area contributed by atoms with E-state index in [9.17, 15) is 14.9 Å². The number of carbonyl (C=O) groups is 1. The van der Waals surface area contributed by atoms with Gasteiger partial charge in [0.15, 0.2) is 0 Å². The first-order valence-electron chi connectivity index (χ1n) is 6.25. The Kier molecular flexibility index (Phi) is 5.69. The molecule has 1 aromatic rings. The Morgan fingerprint density at radius 3 is 2.65 bits per heavy atom. The number of aromatic nitrogens is 1. The Bertz CT molecular complexity index is 505. The molecule has 0 aliphatic rings. The van der Waals surface area contributed by atoms with E-state index in [-0.39, 0.29) is 22.4 Å². The maximum atomic E-state index is 12.1. The second-order valence-electron chi connectivity index (χ2n) is 4.15. The number of carbonyl (C=O) groups excluding carboxylic acids is 1. The average molecular weight is 301 g/mol. The van der Waals surface area contributed by atoms with Gasteiger partial charge in [-0.2, -0.15) is 0 Å². The fourth-order valence-electron chi connectivity index (χ4n) is 1.75. The Morgan fingerprint density at radius 1 is 1.55 bits per heavy atom. The van der Waals surface area contributed by atoms with Crippen LogP contribution in [0.25, 0.3) is 0 Å². The van der Waals surface area contributed by atoms with E-state index in [0.29, 0.717) is 13.1 Å². The molecule has 0 saturated heterocycles. The zero-order chi connectivity index (χ0) is 15.3. The highest BCUT2D eigenvalue weighted by atomic mass is 35.5. The summed E-state index contributed by atoms with van der Waals surface area (Å²) in [4.78, 5) is 28.0. The normalized spacial score (nSPS) is 11.8. The van der Waals surface area contributed by atoms with Crippen molar-refractivity contribution in [1.29, 1.82) is 0 Å². The summed E-state index contributed by atoms with van der Waals surface area (Å²) < 4.78 is 0. The number of halogens is 1. The molecule has 0 saturated carbocycles. The van der Waals surface area contributed by atoms with Crippen LogP contribution in [0, 0.1) is 10.1 Å². The number of pyridine rings is 1. The standard InChI is InChI=1S/C12H17ClN4O3/c1-4-16(5-2)12(18)8(3)15-11-10(17(19)20)6-9(13)7-14-11/h6-8H,4-5H2,1-3H3,(H,14,15). The quantitative estimate of drug-likeness (QED) is 0.643. The molecular weight excluding hydrogens is 284 g/mol. The maximum Gasteiger partial charge on any atom is 0.312 e. The van der Waals surface area contributed by atoms with Crippen LogP contribution in [0.1, 0.15) is 20.8 Å². The summed E-state index contributed by atoms with van der Waals surface area (Å²) in [5, 5.41) is 13.9. The third kappa shape index (κ3) is 3.80. The number of nitrogens with zero attached hydrogens (tertiary/aromatic N) is 3. The molecule has 0 fully saturated rings. The van der Waals surface area contributed by atoms with Gasteiger partial charge in [0.2, 0.25) is 11.7 Å². The lowest BCUT2D eigenvalue weighted by Crippen LogP contribution is -2.41. The number of hydrogen-bond acceptors (Lipinski definition) is 5. The van der Waals surface area contributed by atoms with Gasteiger partial charge < -0.3 is 10.2 Å². The zero-order valence-corrected chi connectivity index (χ0v) is 12.3. The lowest BCUT2D eigenvalue weighted by molar-refractivity contribution is -0.384. The molecule has 0 spiro atoms. The number of hydrogen-bond donors (Lipinski definition) is 1. The number of nitrogens with one attached hydrogen (secondary N) is 1. The molecule has 0 aromatic carbocycles. The summed E-state index contributed by atoms with van der Waals surface area (Å²) in [6.45, 7) is 6.55. The molecule has 1 rings (SSSR count). The molecule has 1 amide bonds. The smallest absolute Gasteiger partial charge is 0.312 e. The van der Waals surface area contributed by atoms with Crippen molar-refractivity contribution in [3.63, 3.8) is 0 Å². The van der Waals surface area contributed by atoms with E-state index in [4.69, 9.17) is 11.6 Å². The van der Waals surface area contributed by atoms with E-state index in [2.05, 4.69) is 10.3 Å². The van der Waals surface area contributed by atoms with E-state index >= 15 is 0 Å². The minimum absolute atomic E-state index is 0.0346. The molecule has 0 radical (unpaired) electrons. The van der Waals surface area contributed by atoms with Crippen LogP contribution in [0.15, 0.2) is 12.3 Å². The minimum atomic E-state index is -0.609. The Hall–Kier alpha value is -1.89. The van der Waals surface area contributed by atoms with Crippen LogP contribution in [0.5, 0.6) is 0 Å². The van der Waals surface area contributed by atoms with Crippen LogP contribution >= 0.6 is 11.6 Å². The molecule has 0 aliphatic carbocycles. The first-order valence-corrected chi connectivity index (χ1v) is 6.63. The van der Waals surface area contributed by atoms with E-state index in [1.165, 1.54) is 12.3 Å². The monoisotopic (exact) mass is 300 g/mol. The highest BCUT2D eigenvalue weighted by Crippen LogP contribution is 2.25. The van der Waals surface area contributed by atoms with Crippen LogP contribution in [-0.2, 0) is 4.79 Å². The second kappa shape index (κ2) is 7.04. The van der Waals surface area contributed by atoms with Crippen LogP contribution in [0.2, 0.25) is 5.02 Å². The number of likely N-dealkylation sites (N-methyl/N-ethyl adjacent to an activating group) is 1. The lowest BCUT2D eigenvalue weighted by Gasteiger charge is -2.23. The molecule has 1 aromatic heterocycles. The molecule has 1 unspecified atom stereocenters. The summed E-state index contributed by atoms with van der Waals surface area (Å²) >= 11 is 5.69. The summed E-state index contributed by atoms with van der Waals surface area (Å²) in [5.74, 6) is -0.103. The lowest BCUT2D eigenvalue weighted by atomic mass is 10.2. The predicted molar refractivity (Wildman–Crippen MR) is 76.9 cm³/mol. The molecule has 8 heteroatoms. The third-order valence-corrected chi connectivity index (χ3v) is 3.04. The fourth-order valence-corrected chi connectivity index (χ4v) is 1.91. The summed E-state index contributed by atoms with van der Waals surface area (Å²) in [6, 6.07) is 0.591. The molecule has 110 valence electrons. The van der Waals surface area contributed by atoms with Crippen molar-refractivity contribution in [2.45, 2.75) is 26.8 Å².